The molecule has 1 aliphatic rings. The van der Waals surface area contributed by atoms with Gasteiger partial charge in [-0.2, -0.15) is 0 Å². The Morgan fingerprint density at radius 2 is 1.90 bits per heavy atom. The van der Waals surface area contributed by atoms with E-state index in [0.717, 1.165) is 6.42 Å². The van der Waals surface area contributed by atoms with Gasteiger partial charge >= 0.3 is 0 Å². The van der Waals surface area contributed by atoms with E-state index in [9.17, 15) is 5.11 Å². The first-order valence-corrected chi connectivity index (χ1v) is 4.10. The van der Waals surface area contributed by atoms with Gasteiger partial charge in [0.1, 0.15) is 0 Å². The van der Waals surface area contributed by atoms with Crippen molar-refractivity contribution >= 4 is 0 Å². The Morgan fingerprint density at radius 3 is 1.90 bits per heavy atom. The van der Waals surface area contributed by atoms with Crippen LogP contribution in [0.4, 0.5) is 0 Å². The zero-order valence-corrected chi connectivity index (χ0v) is 7.44. The van der Waals surface area contributed by atoms with Gasteiger partial charge in [0.05, 0.1) is 5.60 Å². The lowest BCUT2D eigenvalue weighted by Gasteiger charge is -2.52. The summed E-state index contributed by atoms with van der Waals surface area (Å²) in [4.78, 5) is 0. The third kappa shape index (κ3) is 0.878. The van der Waals surface area contributed by atoms with E-state index in [4.69, 9.17) is 0 Å². The number of hydrogen-bond donors (Lipinski definition) is 1. The van der Waals surface area contributed by atoms with E-state index in [2.05, 4.69) is 27.7 Å². The summed E-state index contributed by atoms with van der Waals surface area (Å²) >= 11 is 0. The standard InChI is InChI=1S/C9H18O/c1-7-5-6-9(7,10)8(2,3)4/h7,10H,5-6H2,1-4H3. The Hall–Kier alpha value is -0.0400. The van der Waals surface area contributed by atoms with Crippen LogP contribution in [-0.2, 0) is 0 Å². The van der Waals surface area contributed by atoms with Gasteiger partial charge in [0.25, 0.3) is 0 Å². The summed E-state index contributed by atoms with van der Waals surface area (Å²) in [5.41, 5.74) is -0.322. The highest BCUT2D eigenvalue weighted by Gasteiger charge is 2.50. The first-order chi connectivity index (χ1) is 4.38. The quantitative estimate of drug-likeness (QED) is 0.549. The Kier molecular flexibility index (Phi) is 1.59. The molecule has 0 aromatic rings. The lowest BCUT2D eigenvalue weighted by Crippen LogP contribution is -2.55. The molecule has 1 heteroatoms. The molecule has 1 nitrogen and oxygen atoms in total. The molecule has 0 aromatic carbocycles. The summed E-state index contributed by atoms with van der Waals surface area (Å²) in [7, 11) is 0. The molecule has 60 valence electrons. The van der Waals surface area contributed by atoms with Crippen LogP contribution in [0.15, 0.2) is 0 Å². The lowest BCUT2D eigenvalue weighted by molar-refractivity contribution is -0.160. The molecule has 10 heavy (non-hydrogen) atoms. The third-order valence-electron chi connectivity index (χ3n) is 3.07. The van der Waals surface area contributed by atoms with E-state index in [-0.39, 0.29) is 11.0 Å². The fourth-order valence-electron chi connectivity index (χ4n) is 1.82. The molecule has 1 aliphatic carbocycles. The van der Waals surface area contributed by atoms with Crippen molar-refractivity contribution in [2.24, 2.45) is 11.3 Å². The van der Waals surface area contributed by atoms with Crippen LogP contribution in [0.3, 0.4) is 0 Å². The topological polar surface area (TPSA) is 20.2 Å². The third-order valence-corrected chi connectivity index (χ3v) is 3.07. The van der Waals surface area contributed by atoms with E-state index in [1.165, 1.54) is 6.42 Å². The molecule has 0 heterocycles. The van der Waals surface area contributed by atoms with Crippen LogP contribution in [-0.4, -0.2) is 10.7 Å². The monoisotopic (exact) mass is 142 g/mol. The first kappa shape index (κ1) is 8.06. The summed E-state index contributed by atoms with van der Waals surface area (Å²) in [6.07, 6.45) is 2.17. The normalized spacial score (nSPS) is 41.1. The average molecular weight is 142 g/mol. The van der Waals surface area contributed by atoms with Crippen LogP contribution in [0.2, 0.25) is 0 Å². The molecule has 2 atom stereocenters. The number of aliphatic hydroxyl groups is 1. The Balaban J connectivity index is 2.70. The first-order valence-electron chi connectivity index (χ1n) is 4.10. The van der Waals surface area contributed by atoms with Gasteiger partial charge in [0.2, 0.25) is 0 Å². The molecule has 1 fully saturated rings. The highest BCUT2D eigenvalue weighted by molar-refractivity contribution is 5.01. The maximum Gasteiger partial charge on any atom is 0.0721 e. The van der Waals surface area contributed by atoms with Crippen LogP contribution in [0.25, 0.3) is 0 Å². The van der Waals surface area contributed by atoms with Crippen LogP contribution >= 0.6 is 0 Å². The van der Waals surface area contributed by atoms with Crippen molar-refractivity contribution in [3.8, 4) is 0 Å². The SMILES string of the molecule is CC1CCC1(O)C(C)(C)C. The molecular weight excluding hydrogens is 124 g/mol. The summed E-state index contributed by atoms with van der Waals surface area (Å²) in [5, 5.41) is 10.0. The van der Waals surface area contributed by atoms with Gasteiger partial charge < -0.3 is 5.11 Å². The molecule has 1 saturated carbocycles. The van der Waals surface area contributed by atoms with Crippen molar-refractivity contribution in [2.45, 2.75) is 46.1 Å². The van der Waals surface area contributed by atoms with E-state index in [1.807, 2.05) is 0 Å². The van der Waals surface area contributed by atoms with E-state index in [1.54, 1.807) is 0 Å². The Labute approximate surface area is 63.4 Å². The second kappa shape index (κ2) is 1.97. The molecule has 1 N–H and O–H groups in total. The molecule has 0 bridgehead atoms. The van der Waals surface area contributed by atoms with Crippen molar-refractivity contribution < 1.29 is 5.11 Å². The average Bonchev–Trinajstić information content (AvgIpc) is 1.80. The molecule has 0 saturated heterocycles. The van der Waals surface area contributed by atoms with Crippen molar-refractivity contribution in [3.63, 3.8) is 0 Å². The summed E-state index contributed by atoms with van der Waals surface area (Å²) in [6, 6.07) is 0. The van der Waals surface area contributed by atoms with Gasteiger partial charge in [-0.3, -0.25) is 0 Å². The Bertz CT molecular complexity index is 134. The smallest absolute Gasteiger partial charge is 0.0721 e. The minimum Gasteiger partial charge on any atom is -0.389 e. The van der Waals surface area contributed by atoms with Crippen molar-refractivity contribution in [1.82, 2.24) is 0 Å². The molecule has 2 unspecified atom stereocenters. The van der Waals surface area contributed by atoms with Crippen LogP contribution in [0, 0.1) is 11.3 Å². The maximum absolute atomic E-state index is 10.0. The number of rotatable bonds is 0. The van der Waals surface area contributed by atoms with Gasteiger partial charge in [-0.1, -0.05) is 27.7 Å². The minimum absolute atomic E-state index is 0.0602. The van der Waals surface area contributed by atoms with Crippen LogP contribution in [0.1, 0.15) is 40.5 Å². The van der Waals surface area contributed by atoms with Crippen LogP contribution in [0.5, 0.6) is 0 Å². The summed E-state index contributed by atoms with van der Waals surface area (Å²) in [6.45, 7) is 8.47. The second-order valence-electron chi connectivity index (χ2n) is 4.61. The lowest BCUT2D eigenvalue weighted by atomic mass is 9.58. The van der Waals surface area contributed by atoms with Crippen LogP contribution < -0.4 is 0 Å². The predicted octanol–water partition coefficient (Wildman–Crippen LogP) is 2.19. The van der Waals surface area contributed by atoms with E-state index < -0.39 is 0 Å². The molecule has 0 aromatic heterocycles. The fourth-order valence-corrected chi connectivity index (χ4v) is 1.82. The van der Waals surface area contributed by atoms with Crippen molar-refractivity contribution in [3.05, 3.63) is 0 Å². The largest absolute Gasteiger partial charge is 0.389 e. The summed E-state index contributed by atoms with van der Waals surface area (Å²) < 4.78 is 0. The predicted molar refractivity (Wildman–Crippen MR) is 42.8 cm³/mol. The highest BCUT2D eigenvalue weighted by atomic mass is 16.3. The van der Waals surface area contributed by atoms with E-state index >= 15 is 0 Å². The van der Waals surface area contributed by atoms with Crippen molar-refractivity contribution in [1.29, 1.82) is 0 Å². The molecule has 0 radical (unpaired) electrons. The highest BCUT2D eigenvalue weighted by Crippen LogP contribution is 2.49. The van der Waals surface area contributed by atoms with E-state index in [0.29, 0.717) is 5.92 Å². The summed E-state index contributed by atoms with van der Waals surface area (Å²) in [5.74, 6) is 0.493. The van der Waals surface area contributed by atoms with Gasteiger partial charge in [0.15, 0.2) is 0 Å². The molecule has 0 amide bonds. The number of hydrogen-bond acceptors (Lipinski definition) is 1. The van der Waals surface area contributed by atoms with Gasteiger partial charge in [0, 0.05) is 0 Å². The maximum atomic E-state index is 10.0. The van der Waals surface area contributed by atoms with Gasteiger partial charge in [-0.25, -0.2) is 0 Å². The molecule has 0 spiro atoms. The minimum atomic E-state index is -0.382. The fraction of sp³-hybridized carbons (Fsp3) is 1.00. The molecule has 0 aliphatic heterocycles. The molecule has 1 rings (SSSR count). The zero-order valence-electron chi connectivity index (χ0n) is 7.44. The van der Waals surface area contributed by atoms with Gasteiger partial charge in [-0.05, 0) is 24.2 Å². The van der Waals surface area contributed by atoms with Gasteiger partial charge in [-0.15, -0.1) is 0 Å². The van der Waals surface area contributed by atoms with Crippen molar-refractivity contribution in [2.75, 3.05) is 0 Å². The molecular formula is C9H18O. The zero-order chi connectivity index (χ0) is 7.99. The Morgan fingerprint density at radius 1 is 1.40 bits per heavy atom. The second-order valence-corrected chi connectivity index (χ2v) is 4.61.